The summed E-state index contributed by atoms with van der Waals surface area (Å²) in [5.41, 5.74) is -3.21. The van der Waals surface area contributed by atoms with Gasteiger partial charge in [0.1, 0.15) is 0 Å². The molecule has 36 nitrogen and oxygen atoms in total. The zero-order valence-corrected chi connectivity index (χ0v) is 60.5. The number of carbonyl (C=O) groups is 3. The quantitative estimate of drug-likeness (QED) is 0.0134. The Morgan fingerprint density at radius 3 is 0.778 bits per heavy atom. The minimum absolute atomic E-state index is 0. The van der Waals surface area contributed by atoms with Crippen LogP contribution in [-0.2, 0) is 60.7 Å². The second kappa shape index (κ2) is 34.7. The number of aromatic nitrogens is 3. The predicted molar refractivity (Wildman–Crippen MR) is 304 cm³/mol. The SMILES string of the molecule is CCCC(Nc1ccc(N=Nc2nccs2)c(C(=O)[O-])c1)(S(=O)(=O)O)S(=O)(=O)O.CCCC(Nc1ccc(N=Nc2nccs2)c(C(=O)[O-])c1)(S(=O)(=O)O)S(=O)(=O)O.CCCC(Nc1ccc(N=Nc2nccs2)c(C(=O)[O-])c1)(S(=O)(=O)O)S(=O)(=O)O.[Na+].[Na+].[Na+]. The molecule has 6 aromatic rings. The first-order valence-corrected chi connectivity index (χ1v) is 34.7. The molecule has 6 rings (SSSR count). The number of nitrogens with one attached hydrogen (secondary N) is 3. The number of benzene rings is 3. The molecule has 0 aliphatic heterocycles. The molecule has 0 saturated carbocycles. The third kappa shape index (κ3) is 21.3. The number of carbonyl (C=O) groups excluding carboxylic acids is 3. The van der Waals surface area contributed by atoms with Gasteiger partial charge < -0.3 is 45.7 Å². The van der Waals surface area contributed by atoms with Gasteiger partial charge in [0, 0.05) is 87.7 Å². The third-order valence-electron chi connectivity index (χ3n) is 10.9. The topological polar surface area (TPSA) is 596 Å². The Bertz CT molecular complexity index is 3740. The van der Waals surface area contributed by atoms with Gasteiger partial charge in [-0.3, -0.25) is 27.3 Å². The first-order valence-electron chi connectivity index (χ1n) is 23.4. The molecule has 0 aliphatic rings. The van der Waals surface area contributed by atoms with E-state index in [4.69, 9.17) is 0 Å². The van der Waals surface area contributed by atoms with Crippen molar-refractivity contribution in [1.29, 1.82) is 0 Å². The summed E-state index contributed by atoms with van der Waals surface area (Å²) in [7, 11) is -32.3. The molecule has 0 aliphatic carbocycles. The van der Waals surface area contributed by atoms with Crippen molar-refractivity contribution in [2.75, 3.05) is 16.0 Å². The number of aromatic carboxylic acids is 3. The maximum Gasteiger partial charge on any atom is 1.00 e. The number of hydrogen-bond acceptors (Lipinski definition) is 33. The second-order valence-electron chi connectivity index (χ2n) is 16.8. The van der Waals surface area contributed by atoms with E-state index in [1.807, 2.05) is 16.0 Å². The number of carboxylic acid groups (broad SMARTS) is 3. The van der Waals surface area contributed by atoms with E-state index in [1.54, 1.807) is 16.1 Å². The fourth-order valence-electron chi connectivity index (χ4n) is 7.07. The molecule has 3 heterocycles. The van der Waals surface area contributed by atoms with Crippen molar-refractivity contribution in [2.24, 2.45) is 30.7 Å². The number of anilines is 3. The molecule has 0 fully saturated rings. The van der Waals surface area contributed by atoms with E-state index in [9.17, 15) is 108 Å². The van der Waals surface area contributed by atoms with Crippen molar-refractivity contribution in [3.63, 3.8) is 0 Å². The molecule has 0 bridgehead atoms. The number of hydrogen-bond donors (Lipinski definition) is 9. The monoisotopic (exact) mass is 1460 g/mol. The largest absolute Gasteiger partial charge is 1.00 e. The van der Waals surface area contributed by atoms with Gasteiger partial charge in [-0.25, -0.2) is 15.0 Å². The molecular formula is C42H45N12Na3O24S9. The zero-order chi connectivity index (χ0) is 65.6. The van der Waals surface area contributed by atoms with Crippen molar-refractivity contribution in [1.82, 2.24) is 15.0 Å². The maximum atomic E-state index is 11.8. The van der Waals surface area contributed by atoms with E-state index in [-0.39, 0.29) is 157 Å². The van der Waals surface area contributed by atoms with Crippen LogP contribution in [0.5, 0.6) is 0 Å². The summed E-state index contributed by atoms with van der Waals surface area (Å²) in [5.74, 6) is -5.12. The van der Waals surface area contributed by atoms with Gasteiger partial charge in [0.2, 0.25) is 15.4 Å². The predicted octanol–water partition coefficient (Wildman–Crippen LogP) is -4.30. The van der Waals surface area contributed by atoms with Crippen LogP contribution < -0.4 is 120 Å². The maximum absolute atomic E-state index is 11.8. The van der Waals surface area contributed by atoms with Crippen molar-refractivity contribution in [2.45, 2.75) is 71.9 Å². The Morgan fingerprint density at radius 2 is 0.622 bits per heavy atom. The standard InChI is InChI=1S/3C14H16N4O8S3.3Na/c3*1-2-5-14(28(21,22)23,29(24,25)26)16-9-3-4-11(10(8-9)12(19)20)17-18-13-15-6-7-27-13;;;/h3*3-4,6-8,16H,2,5H2,1H3,(H,19,20)(H,21,22,23)(H,24,25,26);;;/q;;;3*+1/p-3. The first kappa shape index (κ1) is 83.6. The number of azo groups is 3. The molecule has 9 N–H and O–H groups in total. The number of thiazole rings is 3. The van der Waals surface area contributed by atoms with Crippen LogP contribution in [0.1, 0.15) is 90.4 Å². The van der Waals surface area contributed by atoms with Crippen LogP contribution in [0, 0.1) is 0 Å². The van der Waals surface area contributed by atoms with Gasteiger partial charge in [-0.05, 0) is 54.6 Å². The van der Waals surface area contributed by atoms with Gasteiger partial charge >= 0.3 is 149 Å². The van der Waals surface area contributed by atoms with Gasteiger partial charge in [0.25, 0.3) is 12.6 Å². The van der Waals surface area contributed by atoms with Gasteiger partial charge in [-0.1, -0.05) is 40.0 Å². The van der Waals surface area contributed by atoms with E-state index in [0.717, 1.165) is 88.6 Å². The number of carboxylic acids is 3. The zero-order valence-electron chi connectivity index (χ0n) is 47.1. The molecule has 3 aromatic carbocycles. The van der Waals surface area contributed by atoms with Crippen LogP contribution >= 0.6 is 34.0 Å². The van der Waals surface area contributed by atoms with Gasteiger partial charge in [-0.2, -0.15) is 50.5 Å². The van der Waals surface area contributed by atoms with Crippen LogP contribution in [0.3, 0.4) is 0 Å². The Labute approximate surface area is 591 Å². The van der Waals surface area contributed by atoms with Crippen molar-refractivity contribution >= 4 is 162 Å². The average Bonchev–Trinajstić information content (AvgIpc) is 0.829. The molecule has 0 atom stereocenters. The fraction of sp³-hybridized carbons (Fsp3) is 0.286. The Morgan fingerprint density at radius 1 is 0.411 bits per heavy atom. The molecule has 0 amide bonds. The van der Waals surface area contributed by atoms with E-state index >= 15 is 0 Å². The molecule has 3 aromatic heterocycles. The minimum atomic E-state index is -5.39. The minimum Gasteiger partial charge on any atom is -0.545 e. The van der Waals surface area contributed by atoms with Crippen molar-refractivity contribution in [3.8, 4) is 0 Å². The average molecular weight is 1460 g/mol. The molecule has 0 radical (unpaired) electrons. The Kier molecular flexibility index (Phi) is 32.2. The van der Waals surface area contributed by atoms with E-state index in [2.05, 4.69) is 45.6 Å². The summed E-state index contributed by atoms with van der Waals surface area (Å²) in [5, 5.41) is 68.4. The first-order chi connectivity index (χ1) is 40.2. The van der Waals surface area contributed by atoms with Crippen LogP contribution in [0.15, 0.2) is 120 Å². The number of nitrogens with zero attached hydrogens (tertiary/aromatic N) is 9. The number of rotatable bonds is 27. The molecule has 0 saturated heterocycles. The van der Waals surface area contributed by atoms with Crippen LogP contribution in [0.4, 0.5) is 49.5 Å². The third-order valence-corrected chi connectivity index (χ3v) is 23.5. The smallest absolute Gasteiger partial charge is 0.545 e. The summed E-state index contributed by atoms with van der Waals surface area (Å²) in [6.45, 7) is 4.25. The van der Waals surface area contributed by atoms with Crippen LogP contribution in [0.2, 0.25) is 0 Å². The van der Waals surface area contributed by atoms with Gasteiger partial charge in [-0.15, -0.1) is 64.7 Å². The van der Waals surface area contributed by atoms with Crippen molar-refractivity contribution in [3.05, 3.63) is 106 Å². The van der Waals surface area contributed by atoms with E-state index in [0.29, 0.717) is 0 Å². The molecule has 0 spiro atoms. The molecule has 90 heavy (non-hydrogen) atoms. The fourth-order valence-corrected chi connectivity index (χ4v) is 15.9. The molecule has 0 unspecified atom stereocenters. The summed E-state index contributed by atoms with van der Waals surface area (Å²) in [6.07, 6.45) is 2.00. The van der Waals surface area contributed by atoms with E-state index < -0.39 is 127 Å². The van der Waals surface area contributed by atoms with Crippen LogP contribution in [0.25, 0.3) is 0 Å². The summed E-state index contributed by atoms with van der Waals surface area (Å²) in [4.78, 5) is 45.8. The van der Waals surface area contributed by atoms with Gasteiger partial charge in [0.15, 0.2) is 0 Å². The van der Waals surface area contributed by atoms with Crippen LogP contribution in [-0.4, -0.2) is 123 Å². The Balaban J connectivity index is 0.000000664. The molecule has 474 valence electrons. The molecular weight excluding hydrogens is 1410 g/mol. The summed E-state index contributed by atoms with van der Waals surface area (Å²) >= 11 is 3.43. The molecule has 48 heteroatoms. The normalized spacial score (nSPS) is 12.5. The van der Waals surface area contributed by atoms with Crippen molar-refractivity contribution < 1.29 is 196 Å². The second-order valence-corrected chi connectivity index (χ2v) is 30.1. The summed E-state index contributed by atoms with van der Waals surface area (Å²) < 4.78 is 189. The summed E-state index contributed by atoms with van der Waals surface area (Å²) in [6, 6.07) is 9.14. The van der Waals surface area contributed by atoms with Gasteiger partial charge in [0.05, 0.1) is 35.0 Å². The van der Waals surface area contributed by atoms with E-state index in [1.165, 1.54) is 39.4 Å². The Hall–Kier alpha value is -4.38.